The molecule has 10 aromatic rings. The van der Waals surface area contributed by atoms with Gasteiger partial charge in [-0.25, -0.2) is 9.97 Å². The molecular weight excluding hydrogens is 609 g/mol. The lowest BCUT2D eigenvalue weighted by Gasteiger charge is -2.13. The lowest BCUT2D eigenvalue weighted by Crippen LogP contribution is -1.98. The molecule has 0 aliphatic carbocycles. The summed E-state index contributed by atoms with van der Waals surface area (Å²) >= 11 is 0. The van der Waals surface area contributed by atoms with E-state index in [1.165, 1.54) is 38.1 Å². The van der Waals surface area contributed by atoms with Crippen LogP contribution in [0.3, 0.4) is 0 Å². The predicted octanol–water partition coefficient (Wildman–Crippen LogP) is 11.7. The van der Waals surface area contributed by atoms with E-state index in [0.717, 1.165) is 45.0 Å². The maximum Gasteiger partial charge on any atom is 0.160 e. The molecule has 0 saturated carbocycles. The molecule has 0 amide bonds. The number of aromatic nitrogens is 4. The molecule has 0 fully saturated rings. The Morgan fingerprint density at radius 3 is 1.42 bits per heavy atom. The van der Waals surface area contributed by atoms with Gasteiger partial charge in [-0.05, 0) is 54.6 Å². The van der Waals surface area contributed by atoms with Crippen molar-refractivity contribution in [3.63, 3.8) is 0 Å². The summed E-state index contributed by atoms with van der Waals surface area (Å²) in [6.07, 6.45) is 0. The highest BCUT2D eigenvalue weighted by Crippen LogP contribution is 2.40. The molecule has 0 aliphatic heterocycles. The first-order valence-corrected chi connectivity index (χ1v) is 16.9. The monoisotopic (exact) mass is 638 g/mol. The summed E-state index contributed by atoms with van der Waals surface area (Å²) in [5.41, 5.74) is 11.8. The van der Waals surface area contributed by atoms with E-state index in [1.54, 1.807) is 0 Å². The molecule has 0 N–H and O–H groups in total. The SMILES string of the molecule is c1ccc(-c2cc(-c3cccc(-n4c5ccccc5c5cc6c7ccccc7n(-c7ccccc7)c6cc54)c3)nc(-c3ccccc3)n2)cc1. The molecule has 4 nitrogen and oxygen atoms in total. The van der Waals surface area contributed by atoms with Crippen LogP contribution in [-0.2, 0) is 0 Å². The fraction of sp³-hybridized carbons (Fsp3) is 0. The average molecular weight is 639 g/mol. The maximum absolute atomic E-state index is 5.13. The molecule has 7 aromatic carbocycles. The lowest BCUT2D eigenvalue weighted by molar-refractivity contribution is 1.16. The van der Waals surface area contributed by atoms with Crippen LogP contribution in [0.2, 0.25) is 0 Å². The van der Waals surface area contributed by atoms with Gasteiger partial charge in [0.05, 0.1) is 33.5 Å². The van der Waals surface area contributed by atoms with Crippen LogP contribution < -0.4 is 0 Å². The third-order valence-electron chi connectivity index (χ3n) is 9.71. The zero-order valence-electron chi connectivity index (χ0n) is 27.1. The first kappa shape index (κ1) is 28.3. The molecule has 3 aromatic heterocycles. The van der Waals surface area contributed by atoms with Crippen molar-refractivity contribution in [3.05, 3.63) is 182 Å². The number of hydrogen-bond acceptors (Lipinski definition) is 2. The molecule has 10 rings (SSSR count). The molecule has 50 heavy (non-hydrogen) atoms. The van der Waals surface area contributed by atoms with Crippen LogP contribution in [0, 0.1) is 0 Å². The highest BCUT2D eigenvalue weighted by atomic mass is 15.0. The number of hydrogen-bond donors (Lipinski definition) is 0. The van der Waals surface area contributed by atoms with Gasteiger partial charge in [-0.15, -0.1) is 0 Å². The van der Waals surface area contributed by atoms with Gasteiger partial charge in [0.25, 0.3) is 0 Å². The van der Waals surface area contributed by atoms with Gasteiger partial charge in [-0.2, -0.15) is 0 Å². The van der Waals surface area contributed by atoms with E-state index in [4.69, 9.17) is 9.97 Å². The van der Waals surface area contributed by atoms with Gasteiger partial charge in [0.1, 0.15) is 0 Å². The normalized spacial score (nSPS) is 11.6. The van der Waals surface area contributed by atoms with E-state index in [0.29, 0.717) is 5.82 Å². The van der Waals surface area contributed by atoms with Crippen LogP contribution in [0.5, 0.6) is 0 Å². The molecule has 4 heteroatoms. The Labute approximate surface area is 289 Å². The number of nitrogens with zero attached hydrogens (tertiary/aromatic N) is 4. The largest absolute Gasteiger partial charge is 0.309 e. The van der Waals surface area contributed by atoms with Gasteiger partial charge in [0, 0.05) is 49.6 Å². The number of benzene rings is 7. The number of fused-ring (bicyclic) bond motifs is 6. The van der Waals surface area contributed by atoms with E-state index in [2.05, 4.69) is 167 Å². The van der Waals surface area contributed by atoms with Crippen LogP contribution in [-0.4, -0.2) is 19.1 Å². The highest BCUT2D eigenvalue weighted by molar-refractivity contribution is 6.19. The van der Waals surface area contributed by atoms with Crippen LogP contribution in [0.15, 0.2) is 182 Å². The summed E-state index contributed by atoms with van der Waals surface area (Å²) in [4.78, 5) is 10.1. The maximum atomic E-state index is 5.13. The third-order valence-corrected chi connectivity index (χ3v) is 9.71. The molecule has 0 spiro atoms. The zero-order chi connectivity index (χ0) is 33.0. The van der Waals surface area contributed by atoms with Crippen molar-refractivity contribution in [1.82, 2.24) is 19.1 Å². The van der Waals surface area contributed by atoms with Crippen LogP contribution in [0.4, 0.5) is 0 Å². The van der Waals surface area contributed by atoms with E-state index in [9.17, 15) is 0 Å². The fourth-order valence-electron chi connectivity index (χ4n) is 7.44. The van der Waals surface area contributed by atoms with Crippen LogP contribution >= 0.6 is 0 Å². The zero-order valence-corrected chi connectivity index (χ0v) is 27.1. The van der Waals surface area contributed by atoms with Gasteiger partial charge in [0.15, 0.2) is 5.82 Å². The summed E-state index contributed by atoms with van der Waals surface area (Å²) in [5, 5.41) is 4.95. The number of para-hydroxylation sites is 3. The van der Waals surface area contributed by atoms with Crippen molar-refractivity contribution >= 4 is 43.6 Å². The Morgan fingerprint density at radius 2 is 0.780 bits per heavy atom. The predicted molar refractivity (Wildman–Crippen MR) is 207 cm³/mol. The second-order valence-corrected chi connectivity index (χ2v) is 12.7. The van der Waals surface area contributed by atoms with Gasteiger partial charge >= 0.3 is 0 Å². The minimum Gasteiger partial charge on any atom is -0.309 e. The van der Waals surface area contributed by atoms with E-state index in [-0.39, 0.29) is 0 Å². The fourth-order valence-corrected chi connectivity index (χ4v) is 7.44. The summed E-state index contributed by atoms with van der Waals surface area (Å²) < 4.78 is 4.79. The third kappa shape index (κ3) is 4.54. The van der Waals surface area contributed by atoms with Gasteiger partial charge in [0.2, 0.25) is 0 Å². The first-order chi connectivity index (χ1) is 24.8. The van der Waals surface area contributed by atoms with Crippen molar-refractivity contribution in [1.29, 1.82) is 0 Å². The topological polar surface area (TPSA) is 35.6 Å². The van der Waals surface area contributed by atoms with E-state index < -0.39 is 0 Å². The second kappa shape index (κ2) is 11.4. The van der Waals surface area contributed by atoms with Crippen molar-refractivity contribution < 1.29 is 0 Å². The standard InChI is InChI=1S/C46H30N4/c1-4-15-31(16-5-1)40-29-41(48-46(47-40)32-17-6-2-7-18-32)33-19-14-22-35(27-33)50-43-26-13-11-24-37(43)39-28-38-36-23-10-12-25-42(36)49(44(38)30-45(39)50)34-20-8-3-9-21-34/h1-30H. The quantitative estimate of drug-likeness (QED) is 0.188. The second-order valence-electron chi connectivity index (χ2n) is 12.7. The van der Waals surface area contributed by atoms with Crippen molar-refractivity contribution in [2.45, 2.75) is 0 Å². The molecule has 0 bridgehead atoms. The minimum absolute atomic E-state index is 0.709. The van der Waals surface area contributed by atoms with E-state index >= 15 is 0 Å². The van der Waals surface area contributed by atoms with Gasteiger partial charge in [-0.1, -0.05) is 127 Å². The summed E-state index contributed by atoms with van der Waals surface area (Å²) in [7, 11) is 0. The number of rotatable bonds is 5. The van der Waals surface area contributed by atoms with Gasteiger partial charge < -0.3 is 9.13 Å². The van der Waals surface area contributed by atoms with Gasteiger partial charge in [-0.3, -0.25) is 0 Å². The molecule has 0 aliphatic rings. The molecule has 0 unspecified atom stereocenters. The Hall–Kier alpha value is -6.78. The van der Waals surface area contributed by atoms with Crippen LogP contribution in [0.25, 0.3) is 88.9 Å². The summed E-state index contributed by atoms with van der Waals surface area (Å²) in [5.74, 6) is 0.709. The minimum atomic E-state index is 0.709. The summed E-state index contributed by atoms with van der Waals surface area (Å²) in [6.45, 7) is 0. The molecule has 0 radical (unpaired) electrons. The summed E-state index contributed by atoms with van der Waals surface area (Å²) in [6, 6.07) is 64.3. The van der Waals surface area contributed by atoms with Crippen molar-refractivity contribution in [2.24, 2.45) is 0 Å². The molecule has 0 saturated heterocycles. The van der Waals surface area contributed by atoms with Crippen molar-refractivity contribution in [3.8, 4) is 45.3 Å². The average Bonchev–Trinajstić information content (AvgIpc) is 3.70. The first-order valence-electron chi connectivity index (χ1n) is 16.9. The Morgan fingerprint density at radius 1 is 0.300 bits per heavy atom. The molecule has 0 atom stereocenters. The Kier molecular flexibility index (Phi) is 6.46. The van der Waals surface area contributed by atoms with E-state index in [1.807, 2.05) is 24.3 Å². The molecule has 234 valence electrons. The van der Waals surface area contributed by atoms with Crippen molar-refractivity contribution in [2.75, 3.05) is 0 Å². The smallest absolute Gasteiger partial charge is 0.160 e. The Balaban J connectivity index is 1.22. The Bertz CT molecular complexity index is 2790. The highest BCUT2D eigenvalue weighted by Gasteiger charge is 2.19. The molecule has 3 heterocycles. The molecular formula is C46H30N4. The lowest BCUT2D eigenvalue weighted by atomic mass is 10.1. The van der Waals surface area contributed by atoms with Crippen LogP contribution in [0.1, 0.15) is 0 Å².